The van der Waals surface area contributed by atoms with E-state index >= 15 is 0 Å². The molecule has 1 aliphatic heterocycles. The molecular formula is C19H22N2OS. The summed E-state index contributed by atoms with van der Waals surface area (Å²) in [7, 11) is 0. The standard InChI is InChI=1S/C19H22N2OS/c1-14-12-20-17(23-14)15-6-5-11-21(13-15)18(22)19(9-10-19)16-7-3-2-4-8-16/h2-4,7-8,12,15H,5-6,9-11,13H2,1H3. The number of thiazole rings is 1. The lowest BCUT2D eigenvalue weighted by molar-refractivity contribution is -0.135. The zero-order chi connectivity index (χ0) is 15.9. The van der Waals surface area contributed by atoms with Crippen LogP contribution in [0.15, 0.2) is 36.5 Å². The van der Waals surface area contributed by atoms with Gasteiger partial charge in [-0.05, 0) is 38.2 Å². The van der Waals surface area contributed by atoms with E-state index < -0.39 is 0 Å². The largest absolute Gasteiger partial charge is 0.341 e. The molecule has 1 aromatic carbocycles. The molecule has 4 heteroatoms. The summed E-state index contributed by atoms with van der Waals surface area (Å²) in [5.74, 6) is 0.750. The number of piperidine rings is 1. The Balaban J connectivity index is 1.53. The van der Waals surface area contributed by atoms with Crippen LogP contribution >= 0.6 is 11.3 Å². The summed E-state index contributed by atoms with van der Waals surface area (Å²) in [6, 6.07) is 10.3. The van der Waals surface area contributed by atoms with E-state index in [1.54, 1.807) is 11.3 Å². The van der Waals surface area contributed by atoms with E-state index in [2.05, 4.69) is 28.9 Å². The number of rotatable bonds is 3. The second-order valence-electron chi connectivity index (χ2n) is 6.85. The molecule has 1 aliphatic carbocycles. The van der Waals surface area contributed by atoms with Gasteiger partial charge < -0.3 is 4.90 Å². The van der Waals surface area contributed by atoms with Crippen LogP contribution in [0.3, 0.4) is 0 Å². The molecule has 1 amide bonds. The number of hydrogen-bond acceptors (Lipinski definition) is 3. The lowest BCUT2D eigenvalue weighted by Gasteiger charge is -2.34. The van der Waals surface area contributed by atoms with E-state index in [0.717, 1.165) is 38.8 Å². The van der Waals surface area contributed by atoms with Gasteiger partial charge in [0.25, 0.3) is 0 Å². The van der Waals surface area contributed by atoms with Crippen molar-refractivity contribution in [3.05, 3.63) is 52.0 Å². The maximum Gasteiger partial charge on any atom is 0.233 e. The zero-order valence-electron chi connectivity index (χ0n) is 13.5. The highest BCUT2D eigenvalue weighted by molar-refractivity contribution is 7.11. The molecule has 1 aromatic heterocycles. The Kier molecular flexibility index (Phi) is 3.72. The normalized spacial score (nSPS) is 22.8. The summed E-state index contributed by atoms with van der Waals surface area (Å²) in [5.41, 5.74) is 0.958. The third-order valence-corrected chi connectivity index (χ3v) is 6.26. The van der Waals surface area contributed by atoms with E-state index in [0.29, 0.717) is 11.8 Å². The van der Waals surface area contributed by atoms with Crippen LogP contribution in [0.2, 0.25) is 0 Å². The van der Waals surface area contributed by atoms with Crippen molar-refractivity contribution in [2.45, 2.75) is 43.9 Å². The maximum absolute atomic E-state index is 13.2. The zero-order valence-corrected chi connectivity index (χ0v) is 14.3. The van der Waals surface area contributed by atoms with E-state index in [-0.39, 0.29) is 5.41 Å². The first kappa shape index (κ1) is 14.9. The minimum atomic E-state index is -0.234. The van der Waals surface area contributed by atoms with Gasteiger partial charge in [0.05, 0.1) is 10.4 Å². The fraction of sp³-hybridized carbons (Fsp3) is 0.474. The van der Waals surface area contributed by atoms with Gasteiger partial charge in [-0.15, -0.1) is 11.3 Å². The minimum absolute atomic E-state index is 0.234. The molecule has 3 nitrogen and oxygen atoms in total. The second kappa shape index (κ2) is 5.75. The molecule has 0 bridgehead atoms. The number of carbonyl (C=O) groups is 1. The first-order chi connectivity index (χ1) is 11.2. The van der Waals surface area contributed by atoms with Gasteiger partial charge in [0.15, 0.2) is 0 Å². The predicted octanol–water partition coefficient (Wildman–Crippen LogP) is 3.89. The lowest BCUT2D eigenvalue weighted by Crippen LogP contribution is -2.44. The number of likely N-dealkylation sites (tertiary alicyclic amines) is 1. The Labute approximate surface area is 141 Å². The van der Waals surface area contributed by atoms with Crippen molar-refractivity contribution in [1.29, 1.82) is 0 Å². The van der Waals surface area contributed by atoms with Crippen LogP contribution in [0.1, 0.15) is 47.0 Å². The van der Waals surface area contributed by atoms with Gasteiger partial charge in [-0.3, -0.25) is 4.79 Å². The van der Waals surface area contributed by atoms with E-state index in [1.165, 1.54) is 15.4 Å². The summed E-state index contributed by atoms with van der Waals surface area (Å²) in [5, 5.41) is 1.20. The summed E-state index contributed by atoms with van der Waals surface area (Å²) < 4.78 is 0. The fourth-order valence-electron chi connectivity index (χ4n) is 3.73. The summed E-state index contributed by atoms with van der Waals surface area (Å²) in [6.45, 7) is 3.83. The molecule has 1 unspecified atom stereocenters. The molecule has 0 spiro atoms. The van der Waals surface area contributed by atoms with Gasteiger partial charge in [-0.2, -0.15) is 0 Å². The lowest BCUT2D eigenvalue weighted by atomic mass is 9.91. The topological polar surface area (TPSA) is 33.2 Å². The van der Waals surface area contributed by atoms with Crippen LogP contribution in [0.4, 0.5) is 0 Å². The molecule has 1 saturated carbocycles. The summed E-state index contributed by atoms with van der Waals surface area (Å²) >= 11 is 1.78. The molecule has 2 aromatic rings. The van der Waals surface area contributed by atoms with E-state index in [9.17, 15) is 4.79 Å². The second-order valence-corrected chi connectivity index (χ2v) is 8.11. The highest BCUT2D eigenvalue weighted by Gasteiger charge is 2.53. The number of aryl methyl sites for hydroxylation is 1. The molecule has 0 radical (unpaired) electrons. The quantitative estimate of drug-likeness (QED) is 0.857. The van der Waals surface area contributed by atoms with Gasteiger partial charge in [-0.25, -0.2) is 4.98 Å². The summed E-state index contributed by atoms with van der Waals surface area (Å²) in [6.07, 6.45) is 6.17. The van der Waals surface area contributed by atoms with E-state index in [4.69, 9.17) is 0 Å². The van der Waals surface area contributed by atoms with Crippen molar-refractivity contribution in [1.82, 2.24) is 9.88 Å². The molecular weight excluding hydrogens is 304 g/mol. The highest BCUT2D eigenvalue weighted by Crippen LogP contribution is 2.50. The fourth-order valence-corrected chi connectivity index (χ4v) is 4.63. The third kappa shape index (κ3) is 2.69. The van der Waals surface area contributed by atoms with Gasteiger partial charge >= 0.3 is 0 Å². The van der Waals surface area contributed by atoms with Crippen molar-refractivity contribution < 1.29 is 4.79 Å². The first-order valence-corrected chi connectivity index (χ1v) is 9.28. The number of amides is 1. The Morgan fingerprint density at radius 1 is 1.30 bits per heavy atom. The van der Waals surface area contributed by atoms with Crippen molar-refractivity contribution >= 4 is 17.2 Å². The van der Waals surface area contributed by atoms with Gasteiger partial charge in [0, 0.05) is 30.1 Å². The molecule has 2 fully saturated rings. The van der Waals surface area contributed by atoms with Crippen LogP contribution in [-0.2, 0) is 10.2 Å². The van der Waals surface area contributed by atoms with Crippen molar-refractivity contribution in [2.75, 3.05) is 13.1 Å². The average Bonchev–Trinajstić information content (AvgIpc) is 3.30. The molecule has 23 heavy (non-hydrogen) atoms. The SMILES string of the molecule is Cc1cnc(C2CCCN(C(=O)C3(c4ccccc4)CC3)C2)s1. The average molecular weight is 326 g/mol. The number of carbonyl (C=O) groups excluding carboxylic acids is 1. The molecule has 2 heterocycles. The molecule has 1 atom stereocenters. The first-order valence-electron chi connectivity index (χ1n) is 8.46. The monoisotopic (exact) mass is 326 g/mol. The number of nitrogens with zero attached hydrogens (tertiary/aromatic N) is 2. The van der Waals surface area contributed by atoms with Gasteiger partial charge in [0.2, 0.25) is 5.91 Å². The van der Waals surface area contributed by atoms with Crippen LogP contribution in [0, 0.1) is 6.92 Å². The molecule has 120 valence electrons. The molecule has 0 N–H and O–H groups in total. The van der Waals surface area contributed by atoms with Crippen LogP contribution in [0.25, 0.3) is 0 Å². The van der Waals surface area contributed by atoms with E-state index in [1.807, 2.05) is 24.4 Å². The Morgan fingerprint density at radius 2 is 2.09 bits per heavy atom. The summed E-state index contributed by atoms with van der Waals surface area (Å²) in [4.78, 5) is 21.1. The van der Waals surface area contributed by atoms with Gasteiger partial charge in [0.1, 0.15) is 0 Å². The maximum atomic E-state index is 13.2. The minimum Gasteiger partial charge on any atom is -0.341 e. The van der Waals surface area contributed by atoms with Crippen LogP contribution in [-0.4, -0.2) is 28.9 Å². The van der Waals surface area contributed by atoms with Gasteiger partial charge in [-0.1, -0.05) is 30.3 Å². The number of benzene rings is 1. The number of hydrogen-bond donors (Lipinski definition) is 0. The molecule has 4 rings (SSSR count). The van der Waals surface area contributed by atoms with Crippen molar-refractivity contribution in [2.24, 2.45) is 0 Å². The molecule has 1 saturated heterocycles. The Bertz CT molecular complexity index is 705. The smallest absolute Gasteiger partial charge is 0.233 e. The third-order valence-electron chi connectivity index (χ3n) is 5.18. The highest BCUT2D eigenvalue weighted by atomic mass is 32.1. The van der Waals surface area contributed by atoms with Crippen LogP contribution in [0.5, 0.6) is 0 Å². The Hall–Kier alpha value is -1.68. The number of aromatic nitrogens is 1. The predicted molar refractivity (Wildman–Crippen MR) is 92.8 cm³/mol. The van der Waals surface area contributed by atoms with Crippen LogP contribution < -0.4 is 0 Å². The van der Waals surface area contributed by atoms with Crippen molar-refractivity contribution in [3.63, 3.8) is 0 Å². The Morgan fingerprint density at radius 3 is 2.74 bits per heavy atom. The van der Waals surface area contributed by atoms with Crippen molar-refractivity contribution in [3.8, 4) is 0 Å². The molecule has 2 aliphatic rings.